The van der Waals surface area contributed by atoms with Crippen molar-refractivity contribution in [2.75, 3.05) is 57.8 Å². The van der Waals surface area contributed by atoms with Gasteiger partial charge >= 0.3 is 12.1 Å². The van der Waals surface area contributed by atoms with Crippen LogP contribution in [0.4, 0.5) is 15.3 Å². The van der Waals surface area contributed by atoms with E-state index >= 15 is 0 Å². The first-order valence-corrected chi connectivity index (χ1v) is 9.59. The molecule has 8 nitrogen and oxygen atoms in total. The zero-order valence-electron chi connectivity index (χ0n) is 15.4. The molecule has 0 aromatic heterocycles. The highest BCUT2D eigenvalue weighted by molar-refractivity contribution is 5.89. The van der Waals surface area contributed by atoms with Crippen LogP contribution in [0, 0.1) is 0 Å². The van der Waals surface area contributed by atoms with E-state index < -0.39 is 0 Å². The molecule has 4 rings (SSSR count). The van der Waals surface area contributed by atoms with Gasteiger partial charge in [0.1, 0.15) is 6.10 Å². The van der Waals surface area contributed by atoms with Gasteiger partial charge in [0, 0.05) is 38.4 Å². The second-order valence-electron chi connectivity index (χ2n) is 7.19. The zero-order valence-corrected chi connectivity index (χ0v) is 15.4. The highest BCUT2D eigenvalue weighted by Crippen LogP contribution is 2.27. The summed E-state index contributed by atoms with van der Waals surface area (Å²) in [5, 5.41) is 2.89. The Kier molecular flexibility index (Phi) is 5.45. The third kappa shape index (κ3) is 4.17. The van der Waals surface area contributed by atoms with Crippen molar-refractivity contribution in [2.24, 2.45) is 0 Å². The second-order valence-corrected chi connectivity index (χ2v) is 7.19. The molecule has 0 radical (unpaired) electrons. The van der Waals surface area contributed by atoms with Gasteiger partial charge in [0.05, 0.1) is 25.8 Å². The number of para-hydroxylation sites is 1. The van der Waals surface area contributed by atoms with Crippen LogP contribution in [0.1, 0.15) is 6.42 Å². The Morgan fingerprint density at radius 2 is 1.89 bits per heavy atom. The fourth-order valence-corrected chi connectivity index (χ4v) is 3.94. The molecule has 1 aromatic carbocycles. The van der Waals surface area contributed by atoms with Gasteiger partial charge in [-0.25, -0.2) is 9.59 Å². The van der Waals surface area contributed by atoms with Gasteiger partial charge in [-0.05, 0) is 18.6 Å². The summed E-state index contributed by atoms with van der Waals surface area (Å²) in [5.41, 5.74) is 0.763. The summed E-state index contributed by atoms with van der Waals surface area (Å²) in [4.78, 5) is 30.6. The first-order valence-electron chi connectivity index (χ1n) is 9.59. The highest BCUT2D eigenvalue weighted by atomic mass is 16.6. The molecule has 3 heterocycles. The lowest BCUT2D eigenvalue weighted by molar-refractivity contribution is 0.0363. The summed E-state index contributed by atoms with van der Waals surface area (Å²) < 4.78 is 10.9. The van der Waals surface area contributed by atoms with Gasteiger partial charge in [-0.2, -0.15) is 0 Å². The highest BCUT2D eigenvalue weighted by Gasteiger charge is 2.48. The smallest absolute Gasteiger partial charge is 0.410 e. The van der Waals surface area contributed by atoms with Crippen LogP contribution in [0.25, 0.3) is 0 Å². The van der Waals surface area contributed by atoms with Crippen LogP contribution in [0.15, 0.2) is 30.3 Å². The molecule has 3 aliphatic rings. The van der Waals surface area contributed by atoms with E-state index in [9.17, 15) is 9.59 Å². The number of rotatable bonds is 5. The Balaban J connectivity index is 1.28. The van der Waals surface area contributed by atoms with E-state index in [1.165, 1.54) is 0 Å². The van der Waals surface area contributed by atoms with Crippen LogP contribution in [0.3, 0.4) is 0 Å². The Morgan fingerprint density at radius 3 is 2.67 bits per heavy atom. The molecule has 27 heavy (non-hydrogen) atoms. The van der Waals surface area contributed by atoms with E-state index in [1.807, 2.05) is 30.3 Å². The van der Waals surface area contributed by atoms with Gasteiger partial charge in [-0.1, -0.05) is 18.2 Å². The molecule has 146 valence electrons. The number of fused-ring (bicyclic) bond motifs is 1. The van der Waals surface area contributed by atoms with Gasteiger partial charge < -0.3 is 19.7 Å². The fraction of sp³-hybridized carbons (Fsp3) is 0.579. The van der Waals surface area contributed by atoms with Crippen molar-refractivity contribution in [3.63, 3.8) is 0 Å². The number of urea groups is 1. The Morgan fingerprint density at radius 1 is 1.11 bits per heavy atom. The number of hydrogen-bond acceptors (Lipinski definition) is 5. The Labute approximate surface area is 159 Å². The van der Waals surface area contributed by atoms with Crippen LogP contribution >= 0.6 is 0 Å². The van der Waals surface area contributed by atoms with Gasteiger partial charge in [0.2, 0.25) is 0 Å². The minimum Gasteiger partial charge on any atom is -0.442 e. The molecule has 1 N–H and O–H groups in total. The van der Waals surface area contributed by atoms with Gasteiger partial charge in [-0.3, -0.25) is 9.80 Å². The Hall–Kier alpha value is -2.32. The summed E-state index contributed by atoms with van der Waals surface area (Å²) in [7, 11) is 0. The fourth-order valence-electron chi connectivity index (χ4n) is 3.94. The van der Waals surface area contributed by atoms with Crippen molar-refractivity contribution in [1.29, 1.82) is 0 Å². The van der Waals surface area contributed by atoms with E-state index in [1.54, 1.807) is 9.80 Å². The van der Waals surface area contributed by atoms with Crippen molar-refractivity contribution in [3.05, 3.63) is 30.3 Å². The largest absolute Gasteiger partial charge is 0.442 e. The van der Waals surface area contributed by atoms with E-state index in [4.69, 9.17) is 9.47 Å². The summed E-state index contributed by atoms with van der Waals surface area (Å²) in [6.07, 6.45) is 0.409. The molecular weight excluding hydrogens is 348 g/mol. The maximum atomic E-state index is 12.5. The van der Waals surface area contributed by atoms with Crippen molar-refractivity contribution >= 4 is 17.8 Å². The molecule has 3 amide bonds. The number of amides is 3. The first kappa shape index (κ1) is 18.1. The Bertz CT molecular complexity index is 665. The third-order valence-electron chi connectivity index (χ3n) is 5.41. The standard InChI is InChI=1S/C19H26N4O4/c24-18(20-15-5-2-1-3-6-15)22-13-16-17(14-22)27-19(25)23(16)8-4-7-21-9-11-26-12-10-21/h1-3,5-6,16-17H,4,7-14H2,(H,20,24)/t16-,17+/m0/s1. The zero-order chi connectivity index (χ0) is 18.6. The van der Waals surface area contributed by atoms with Crippen LogP contribution in [-0.4, -0.2) is 91.5 Å². The summed E-state index contributed by atoms with van der Waals surface area (Å²) in [5.74, 6) is 0. The number of hydrogen-bond donors (Lipinski definition) is 1. The number of carbonyl (C=O) groups excluding carboxylic acids is 2. The van der Waals surface area contributed by atoms with Gasteiger partial charge in [0.15, 0.2) is 0 Å². The van der Waals surface area contributed by atoms with Crippen molar-refractivity contribution < 1.29 is 19.1 Å². The van der Waals surface area contributed by atoms with Crippen LogP contribution in [-0.2, 0) is 9.47 Å². The molecule has 0 aliphatic carbocycles. The van der Waals surface area contributed by atoms with E-state index in [-0.39, 0.29) is 24.3 Å². The molecule has 2 atom stereocenters. The van der Waals surface area contributed by atoms with Crippen LogP contribution < -0.4 is 5.32 Å². The minimum atomic E-state index is -0.255. The number of nitrogens with zero attached hydrogens (tertiary/aromatic N) is 3. The molecule has 0 unspecified atom stereocenters. The molecule has 0 spiro atoms. The molecule has 8 heteroatoms. The molecule has 3 saturated heterocycles. The summed E-state index contributed by atoms with van der Waals surface area (Å²) in [6.45, 7) is 6.01. The summed E-state index contributed by atoms with van der Waals surface area (Å²) >= 11 is 0. The maximum absolute atomic E-state index is 12.5. The number of ether oxygens (including phenoxy) is 2. The second kappa shape index (κ2) is 8.14. The maximum Gasteiger partial charge on any atom is 0.410 e. The van der Waals surface area contributed by atoms with Gasteiger partial charge in [0.25, 0.3) is 0 Å². The first-order chi connectivity index (χ1) is 13.2. The van der Waals surface area contributed by atoms with E-state index in [2.05, 4.69) is 10.2 Å². The normalized spacial score (nSPS) is 25.4. The van der Waals surface area contributed by atoms with Crippen molar-refractivity contribution in [1.82, 2.24) is 14.7 Å². The number of benzene rings is 1. The van der Waals surface area contributed by atoms with Crippen molar-refractivity contribution in [2.45, 2.75) is 18.6 Å². The monoisotopic (exact) mass is 374 g/mol. The quantitative estimate of drug-likeness (QED) is 0.844. The van der Waals surface area contributed by atoms with Crippen LogP contribution in [0.5, 0.6) is 0 Å². The molecule has 0 bridgehead atoms. The number of likely N-dealkylation sites (tertiary alicyclic amines) is 1. The minimum absolute atomic E-state index is 0.0521. The topological polar surface area (TPSA) is 74.4 Å². The van der Waals surface area contributed by atoms with E-state index in [0.717, 1.165) is 45.0 Å². The lowest BCUT2D eigenvalue weighted by Crippen LogP contribution is -2.42. The number of nitrogens with one attached hydrogen (secondary N) is 1. The molecular formula is C19H26N4O4. The van der Waals surface area contributed by atoms with Gasteiger partial charge in [-0.15, -0.1) is 0 Å². The van der Waals surface area contributed by atoms with Crippen LogP contribution in [0.2, 0.25) is 0 Å². The number of morpholine rings is 1. The molecule has 3 aliphatic heterocycles. The number of carbonyl (C=O) groups is 2. The summed E-state index contributed by atoms with van der Waals surface area (Å²) in [6, 6.07) is 9.17. The predicted octanol–water partition coefficient (Wildman–Crippen LogP) is 1.45. The van der Waals surface area contributed by atoms with E-state index in [0.29, 0.717) is 19.6 Å². The van der Waals surface area contributed by atoms with Crippen molar-refractivity contribution in [3.8, 4) is 0 Å². The molecule has 0 saturated carbocycles. The average molecular weight is 374 g/mol. The SMILES string of the molecule is O=C(Nc1ccccc1)N1C[C@H]2OC(=O)N(CCCN3CCOCC3)[C@H]2C1. The predicted molar refractivity (Wildman–Crippen MR) is 99.7 cm³/mol. The lowest BCUT2D eigenvalue weighted by atomic mass is 10.2. The number of anilines is 1. The average Bonchev–Trinajstić information content (AvgIpc) is 3.22. The lowest BCUT2D eigenvalue weighted by Gasteiger charge is -2.28. The third-order valence-corrected chi connectivity index (χ3v) is 5.41. The molecule has 3 fully saturated rings. The molecule has 1 aromatic rings.